The van der Waals surface area contributed by atoms with E-state index < -0.39 is 0 Å². The number of hydrogen-bond acceptors (Lipinski definition) is 2. The van der Waals surface area contributed by atoms with Crippen LogP contribution >= 0.6 is 15.9 Å². The van der Waals surface area contributed by atoms with E-state index in [2.05, 4.69) is 15.9 Å². The fourth-order valence-electron chi connectivity index (χ4n) is 2.12. The van der Waals surface area contributed by atoms with Gasteiger partial charge < -0.3 is 5.73 Å². The monoisotopic (exact) mass is 280 g/mol. The molecule has 1 aromatic heterocycles. The topological polar surface area (TPSA) is 48.0 Å². The van der Waals surface area contributed by atoms with Crippen molar-refractivity contribution in [3.05, 3.63) is 35.5 Å². The van der Waals surface area contributed by atoms with Crippen molar-refractivity contribution in [2.45, 2.75) is 13.3 Å². The van der Waals surface area contributed by atoms with Gasteiger partial charge in [-0.15, -0.1) is 0 Å². The number of rotatable bonds is 2. The van der Waals surface area contributed by atoms with Gasteiger partial charge in [0, 0.05) is 27.0 Å². The number of hydrogen-bond donors (Lipinski definition) is 1. The first kappa shape index (κ1) is 11.4. The van der Waals surface area contributed by atoms with Gasteiger partial charge in [0.1, 0.15) is 0 Å². The van der Waals surface area contributed by atoms with Crippen LogP contribution in [0.4, 0.5) is 4.79 Å². The quantitative estimate of drug-likeness (QED) is 0.860. The highest BCUT2D eigenvalue weighted by atomic mass is 79.9. The Balaban J connectivity index is 2.80. The number of carbonyl (C=O) groups excluding carboxylic acids is 1. The Morgan fingerprint density at radius 3 is 2.75 bits per heavy atom. The highest BCUT2D eigenvalue weighted by Gasteiger charge is 2.15. The molecule has 0 amide bonds. The van der Waals surface area contributed by atoms with Gasteiger partial charge in [0.15, 0.2) is 0 Å². The van der Waals surface area contributed by atoms with Crippen molar-refractivity contribution in [2.24, 2.45) is 5.73 Å². The normalized spacial score (nSPS) is 10.9. The number of fused-ring (bicyclic) bond motifs is 1. The highest BCUT2D eigenvalue weighted by molar-refractivity contribution is 9.18. The van der Waals surface area contributed by atoms with Crippen LogP contribution in [0.25, 0.3) is 10.9 Å². The summed E-state index contributed by atoms with van der Waals surface area (Å²) in [6, 6.07) is 7.88. The van der Waals surface area contributed by atoms with Gasteiger partial charge in [-0.2, -0.15) is 0 Å². The summed E-state index contributed by atoms with van der Waals surface area (Å²) in [5, 5.41) is 1.11. The van der Waals surface area contributed by atoms with E-state index in [0.29, 0.717) is 6.54 Å². The molecule has 1 aromatic carbocycles. The van der Waals surface area contributed by atoms with E-state index in [1.807, 2.05) is 31.2 Å². The minimum atomic E-state index is -0.135. The fourth-order valence-corrected chi connectivity index (χ4v) is 2.58. The summed E-state index contributed by atoms with van der Waals surface area (Å²) in [6.07, 6.45) is 0.791. The second-order valence-corrected chi connectivity index (χ2v) is 4.39. The summed E-state index contributed by atoms with van der Waals surface area (Å²) < 4.78 is 1.68. The number of carbonyl (C=O) groups is 1. The maximum atomic E-state index is 11.5. The summed E-state index contributed by atoms with van der Waals surface area (Å²) in [4.78, 5) is 11.4. The molecule has 0 atom stereocenters. The van der Waals surface area contributed by atoms with Crippen molar-refractivity contribution in [1.82, 2.24) is 4.57 Å². The van der Waals surface area contributed by atoms with Gasteiger partial charge in [-0.05, 0) is 31.5 Å². The van der Waals surface area contributed by atoms with Gasteiger partial charge in [0.2, 0.25) is 0 Å². The molecule has 0 fully saturated rings. The average Bonchev–Trinajstić information content (AvgIpc) is 2.53. The Morgan fingerprint density at radius 2 is 2.12 bits per heavy atom. The summed E-state index contributed by atoms with van der Waals surface area (Å²) in [5.74, 6) is 0. The second kappa shape index (κ2) is 4.39. The van der Waals surface area contributed by atoms with Gasteiger partial charge in [-0.25, -0.2) is 0 Å². The Hall–Kier alpha value is -1.13. The number of para-hydroxylation sites is 1. The van der Waals surface area contributed by atoms with Crippen molar-refractivity contribution in [1.29, 1.82) is 0 Å². The minimum Gasteiger partial charge on any atom is -0.330 e. The van der Waals surface area contributed by atoms with Crippen LogP contribution in [0.15, 0.2) is 24.3 Å². The number of halogens is 1. The molecule has 0 saturated heterocycles. The van der Waals surface area contributed by atoms with E-state index in [9.17, 15) is 4.79 Å². The van der Waals surface area contributed by atoms with Crippen molar-refractivity contribution >= 4 is 31.6 Å². The number of nitrogens with two attached hydrogens (primary N) is 1. The molecule has 4 heteroatoms. The molecule has 0 bridgehead atoms. The molecular weight excluding hydrogens is 268 g/mol. The van der Waals surface area contributed by atoms with Gasteiger partial charge in [0.05, 0.1) is 5.52 Å². The predicted octanol–water partition coefficient (Wildman–Crippen LogP) is 2.81. The molecule has 0 saturated carbocycles. The van der Waals surface area contributed by atoms with Crippen molar-refractivity contribution in [3.63, 3.8) is 0 Å². The molecule has 0 aliphatic rings. The van der Waals surface area contributed by atoms with E-state index in [0.717, 1.165) is 28.6 Å². The number of nitrogens with zero attached hydrogens (tertiary/aromatic N) is 1. The molecule has 0 aliphatic heterocycles. The van der Waals surface area contributed by atoms with E-state index in [4.69, 9.17) is 5.73 Å². The molecule has 2 aromatic rings. The molecule has 0 unspecified atom stereocenters. The van der Waals surface area contributed by atoms with Crippen LogP contribution in [0.3, 0.4) is 0 Å². The molecule has 84 valence electrons. The Morgan fingerprint density at radius 1 is 1.44 bits per heavy atom. The van der Waals surface area contributed by atoms with Crippen LogP contribution < -0.4 is 5.73 Å². The third kappa shape index (κ3) is 1.68. The van der Waals surface area contributed by atoms with Gasteiger partial charge in [-0.3, -0.25) is 9.36 Å². The number of benzene rings is 1. The minimum absolute atomic E-state index is 0.135. The summed E-state index contributed by atoms with van der Waals surface area (Å²) >= 11 is 3.01. The van der Waals surface area contributed by atoms with E-state index in [-0.39, 0.29) is 4.82 Å². The van der Waals surface area contributed by atoms with E-state index >= 15 is 0 Å². The van der Waals surface area contributed by atoms with Crippen LogP contribution in [-0.2, 0) is 6.42 Å². The molecule has 16 heavy (non-hydrogen) atoms. The van der Waals surface area contributed by atoms with Crippen molar-refractivity contribution < 1.29 is 4.79 Å². The molecule has 0 radical (unpaired) electrons. The molecule has 2 rings (SSSR count). The number of aromatic nitrogens is 1. The molecule has 1 heterocycles. The first-order valence-corrected chi connectivity index (χ1v) is 5.95. The maximum Gasteiger partial charge on any atom is 0.298 e. The summed E-state index contributed by atoms with van der Waals surface area (Å²) in [7, 11) is 0. The van der Waals surface area contributed by atoms with Crippen LogP contribution in [-0.4, -0.2) is 15.9 Å². The van der Waals surface area contributed by atoms with Crippen LogP contribution in [0.1, 0.15) is 11.3 Å². The zero-order valence-corrected chi connectivity index (χ0v) is 10.6. The van der Waals surface area contributed by atoms with Crippen LogP contribution in [0, 0.1) is 6.92 Å². The maximum absolute atomic E-state index is 11.5. The lowest BCUT2D eigenvalue weighted by Gasteiger charge is -2.01. The Kier molecular flexibility index (Phi) is 3.12. The Labute approximate surface area is 102 Å². The zero-order valence-electron chi connectivity index (χ0n) is 9.03. The van der Waals surface area contributed by atoms with Gasteiger partial charge in [0.25, 0.3) is 4.82 Å². The lowest BCUT2D eigenvalue weighted by atomic mass is 10.1. The third-order valence-electron chi connectivity index (χ3n) is 2.81. The lowest BCUT2D eigenvalue weighted by Crippen LogP contribution is -2.06. The van der Waals surface area contributed by atoms with Gasteiger partial charge in [-0.1, -0.05) is 18.2 Å². The highest BCUT2D eigenvalue weighted by Crippen LogP contribution is 2.26. The van der Waals surface area contributed by atoms with Crippen molar-refractivity contribution in [2.75, 3.05) is 6.54 Å². The molecule has 0 spiro atoms. The Bertz CT molecular complexity index is 545. The average molecular weight is 281 g/mol. The molecular formula is C12H13BrN2O. The smallest absolute Gasteiger partial charge is 0.298 e. The predicted molar refractivity (Wildman–Crippen MR) is 69.2 cm³/mol. The van der Waals surface area contributed by atoms with E-state index in [1.165, 1.54) is 0 Å². The second-order valence-electron chi connectivity index (χ2n) is 3.71. The molecule has 3 nitrogen and oxygen atoms in total. The SMILES string of the molecule is Cc1c(CCN)c2ccccc2n1C(=O)Br. The van der Waals surface area contributed by atoms with Crippen LogP contribution in [0.2, 0.25) is 0 Å². The van der Waals surface area contributed by atoms with Gasteiger partial charge >= 0.3 is 0 Å². The first-order chi connectivity index (χ1) is 7.66. The standard InChI is InChI=1S/C12H13BrN2O/c1-8-9(6-7-14)10-4-2-3-5-11(10)15(8)12(13)16/h2-5H,6-7,14H2,1H3. The summed E-state index contributed by atoms with van der Waals surface area (Å²) in [6.45, 7) is 2.54. The fraction of sp³-hybridized carbons (Fsp3) is 0.250. The van der Waals surface area contributed by atoms with Crippen LogP contribution in [0.5, 0.6) is 0 Å². The van der Waals surface area contributed by atoms with E-state index in [1.54, 1.807) is 4.57 Å². The molecule has 2 N–H and O–H groups in total. The third-order valence-corrected chi connectivity index (χ3v) is 3.17. The van der Waals surface area contributed by atoms with Crippen molar-refractivity contribution in [3.8, 4) is 0 Å². The first-order valence-electron chi connectivity index (χ1n) is 5.15. The molecule has 0 aliphatic carbocycles. The largest absolute Gasteiger partial charge is 0.330 e. The summed E-state index contributed by atoms with van der Waals surface area (Å²) in [5.41, 5.74) is 8.66. The lowest BCUT2D eigenvalue weighted by molar-refractivity contribution is 0.263. The zero-order chi connectivity index (χ0) is 11.7.